The van der Waals surface area contributed by atoms with Crippen molar-refractivity contribution in [3.8, 4) is 0 Å². The zero-order chi connectivity index (χ0) is 26.6. The fourth-order valence-electron chi connectivity index (χ4n) is 4.21. The highest BCUT2D eigenvalue weighted by molar-refractivity contribution is 7.89. The standard InChI is InChI=1S/C29H30N2O5S/c1-4-5-19-30(2)20-21-15-17-23(18-16-21)29(33)36-28-24-13-9-10-14-25(24)37(34,35)31(3)26(28)27(32)22-11-7-6-8-12-22/h6-18H,4-5,19-20H2,1-3H3. The summed E-state index contributed by atoms with van der Waals surface area (Å²) in [6.07, 6.45) is 2.24. The van der Waals surface area contributed by atoms with Gasteiger partial charge in [-0.2, -0.15) is 0 Å². The van der Waals surface area contributed by atoms with Gasteiger partial charge in [-0.15, -0.1) is 0 Å². The summed E-state index contributed by atoms with van der Waals surface area (Å²) in [7, 11) is -0.675. The predicted octanol–water partition coefficient (Wildman–Crippen LogP) is 4.96. The average molecular weight is 519 g/mol. The van der Waals surface area contributed by atoms with Gasteiger partial charge in [0.05, 0.1) is 10.5 Å². The van der Waals surface area contributed by atoms with E-state index in [0.29, 0.717) is 5.56 Å². The van der Waals surface area contributed by atoms with Gasteiger partial charge in [0, 0.05) is 24.7 Å². The predicted molar refractivity (Wildman–Crippen MR) is 142 cm³/mol. The van der Waals surface area contributed by atoms with Crippen LogP contribution in [0.15, 0.2) is 89.5 Å². The number of sulfonamides is 1. The Morgan fingerprint density at radius 2 is 1.54 bits per heavy atom. The second-order valence-electron chi connectivity index (χ2n) is 9.02. The lowest BCUT2D eigenvalue weighted by Crippen LogP contribution is -2.36. The van der Waals surface area contributed by atoms with Crippen LogP contribution >= 0.6 is 0 Å². The van der Waals surface area contributed by atoms with E-state index in [2.05, 4.69) is 18.9 Å². The Morgan fingerprint density at radius 3 is 2.22 bits per heavy atom. The maximum Gasteiger partial charge on any atom is 0.343 e. The minimum Gasteiger partial charge on any atom is -0.420 e. The van der Waals surface area contributed by atoms with E-state index in [1.807, 2.05) is 12.1 Å². The molecule has 0 radical (unpaired) electrons. The number of unbranched alkanes of at least 4 members (excludes halogenated alkanes) is 1. The van der Waals surface area contributed by atoms with E-state index in [0.717, 1.165) is 35.8 Å². The van der Waals surface area contributed by atoms with Gasteiger partial charge in [0.1, 0.15) is 5.70 Å². The number of carbonyl (C=O) groups excluding carboxylic acids is 2. The van der Waals surface area contributed by atoms with Gasteiger partial charge in [-0.3, -0.25) is 9.10 Å². The lowest BCUT2D eigenvalue weighted by Gasteiger charge is -2.30. The summed E-state index contributed by atoms with van der Waals surface area (Å²) >= 11 is 0. The van der Waals surface area contributed by atoms with Crippen LogP contribution in [-0.4, -0.2) is 50.0 Å². The maximum absolute atomic E-state index is 13.5. The molecule has 0 N–H and O–H groups in total. The van der Waals surface area contributed by atoms with E-state index >= 15 is 0 Å². The zero-order valence-corrected chi connectivity index (χ0v) is 22.0. The molecule has 0 aromatic heterocycles. The van der Waals surface area contributed by atoms with Gasteiger partial charge in [-0.05, 0) is 49.8 Å². The lowest BCUT2D eigenvalue weighted by atomic mass is 10.0. The third-order valence-corrected chi connectivity index (χ3v) is 8.10. The summed E-state index contributed by atoms with van der Waals surface area (Å²) in [5.74, 6) is -1.33. The number of benzene rings is 3. The first-order valence-electron chi connectivity index (χ1n) is 12.2. The highest BCUT2D eigenvalue weighted by Crippen LogP contribution is 2.38. The van der Waals surface area contributed by atoms with Crippen LogP contribution in [-0.2, 0) is 21.3 Å². The van der Waals surface area contributed by atoms with Gasteiger partial charge in [-0.25, -0.2) is 13.2 Å². The number of hydrogen-bond acceptors (Lipinski definition) is 6. The van der Waals surface area contributed by atoms with Crippen molar-refractivity contribution >= 4 is 27.5 Å². The first kappa shape index (κ1) is 26.3. The van der Waals surface area contributed by atoms with Crippen LogP contribution < -0.4 is 0 Å². The summed E-state index contributed by atoms with van der Waals surface area (Å²) in [6.45, 7) is 3.90. The molecule has 3 aromatic carbocycles. The monoisotopic (exact) mass is 518 g/mol. The summed E-state index contributed by atoms with van der Waals surface area (Å²) in [5, 5.41) is 0. The van der Waals surface area contributed by atoms with E-state index in [4.69, 9.17) is 4.74 Å². The summed E-state index contributed by atoms with van der Waals surface area (Å²) < 4.78 is 33.2. The van der Waals surface area contributed by atoms with E-state index < -0.39 is 21.8 Å². The molecule has 0 unspecified atom stereocenters. The van der Waals surface area contributed by atoms with Crippen molar-refractivity contribution in [2.45, 2.75) is 31.2 Å². The van der Waals surface area contributed by atoms with Gasteiger partial charge in [0.2, 0.25) is 5.78 Å². The third-order valence-electron chi connectivity index (χ3n) is 6.28. The fourth-order valence-corrected chi connectivity index (χ4v) is 5.60. The Bertz CT molecular complexity index is 1430. The molecule has 0 amide bonds. The molecule has 37 heavy (non-hydrogen) atoms. The van der Waals surface area contributed by atoms with Crippen molar-refractivity contribution in [1.29, 1.82) is 0 Å². The molecule has 3 aromatic rings. The first-order chi connectivity index (χ1) is 17.7. The number of esters is 1. The van der Waals surface area contributed by atoms with Crippen LogP contribution in [0.4, 0.5) is 0 Å². The number of fused-ring (bicyclic) bond motifs is 1. The highest BCUT2D eigenvalue weighted by atomic mass is 32.2. The Hall–Kier alpha value is -3.75. The number of likely N-dealkylation sites (N-methyl/N-ethyl adjacent to an activating group) is 1. The fraction of sp³-hybridized carbons (Fsp3) is 0.241. The Balaban J connectivity index is 1.70. The maximum atomic E-state index is 13.5. The highest BCUT2D eigenvalue weighted by Gasteiger charge is 2.39. The second-order valence-corrected chi connectivity index (χ2v) is 11.0. The van der Waals surface area contributed by atoms with Crippen molar-refractivity contribution in [1.82, 2.24) is 9.21 Å². The van der Waals surface area contributed by atoms with Gasteiger partial charge in [0.25, 0.3) is 10.0 Å². The number of nitrogens with zero attached hydrogens (tertiary/aromatic N) is 2. The normalized spacial score (nSPS) is 14.4. The van der Waals surface area contributed by atoms with Gasteiger partial charge in [0.15, 0.2) is 5.76 Å². The number of allylic oxidation sites excluding steroid dienone is 1. The van der Waals surface area contributed by atoms with Crippen molar-refractivity contribution in [2.75, 3.05) is 20.6 Å². The number of ketones is 1. The summed E-state index contributed by atoms with van der Waals surface area (Å²) in [4.78, 5) is 28.9. The molecule has 0 aliphatic carbocycles. The zero-order valence-electron chi connectivity index (χ0n) is 21.2. The van der Waals surface area contributed by atoms with Crippen molar-refractivity contribution in [3.63, 3.8) is 0 Å². The Labute approximate surface area is 218 Å². The minimum absolute atomic E-state index is 0.0321. The van der Waals surface area contributed by atoms with E-state index in [1.54, 1.807) is 54.6 Å². The first-order valence-corrected chi connectivity index (χ1v) is 13.6. The van der Waals surface area contributed by atoms with Crippen LogP contribution in [0.1, 0.15) is 51.6 Å². The summed E-state index contributed by atoms with van der Waals surface area (Å²) in [5.41, 5.74) is 1.59. The van der Waals surface area contributed by atoms with Crippen LogP contribution in [0.5, 0.6) is 0 Å². The molecule has 0 fully saturated rings. The van der Waals surface area contributed by atoms with Gasteiger partial charge < -0.3 is 9.64 Å². The minimum atomic E-state index is -4.02. The molecule has 0 bridgehead atoms. The number of ether oxygens (including phenoxy) is 1. The smallest absolute Gasteiger partial charge is 0.343 e. The molecule has 1 aliphatic rings. The van der Waals surface area contributed by atoms with E-state index in [1.165, 1.54) is 19.2 Å². The Kier molecular flexibility index (Phi) is 7.90. The number of rotatable bonds is 9. The average Bonchev–Trinajstić information content (AvgIpc) is 2.91. The van der Waals surface area contributed by atoms with Crippen LogP contribution in [0.2, 0.25) is 0 Å². The van der Waals surface area contributed by atoms with Crippen molar-refractivity contribution in [2.24, 2.45) is 0 Å². The van der Waals surface area contributed by atoms with Gasteiger partial charge in [-0.1, -0.05) is 67.9 Å². The third kappa shape index (κ3) is 5.50. The molecular formula is C29H30N2O5S. The SMILES string of the molecule is CCCCN(C)Cc1ccc(C(=O)OC2=C(C(=O)c3ccccc3)N(C)S(=O)(=O)c3ccccc32)cc1. The van der Waals surface area contributed by atoms with Gasteiger partial charge >= 0.3 is 5.97 Å². The van der Waals surface area contributed by atoms with E-state index in [9.17, 15) is 18.0 Å². The second kappa shape index (κ2) is 11.1. The molecule has 192 valence electrons. The van der Waals surface area contributed by atoms with Crippen molar-refractivity contribution < 1.29 is 22.7 Å². The number of carbonyl (C=O) groups is 2. The molecule has 0 saturated carbocycles. The largest absolute Gasteiger partial charge is 0.420 e. The molecule has 4 rings (SSSR count). The number of hydrogen-bond donors (Lipinski definition) is 0. The summed E-state index contributed by atoms with van der Waals surface area (Å²) in [6, 6.07) is 21.6. The number of Topliss-reactive ketones (excluding diaryl/α,β-unsaturated/α-hetero) is 1. The topological polar surface area (TPSA) is 84.0 Å². The molecule has 0 saturated heterocycles. The molecule has 1 aliphatic heterocycles. The molecule has 1 heterocycles. The molecule has 7 nitrogen and oxygen atoms in total. The lowest BCUT2D eigenvalue weighted by molar-refractivity contribution is 0.0686. The van der Waals surface area contributed by atoms with Crippen LogP contribution in [0, 0.1) is 0 Å². The van der Waals surface area contributed by atoms with Crippen LogP contribution in [0.25, 0.3) is 5.76 Å². The molecule has 8 heteroatoms. The molecule has 0 atom stereocenters. The molecular weight excluding hydrogens is 488 g/mol. The van der Waals surface area contributed by atoms with Crippen molar-refractivity contribution in [3.05, 3.63) is 107 Å². The Morgan fingerprint density at radius 1 is 0.892 bits per heavy atom. The molecule has 0 spiro atoms. The van der Waals surface area contributed by atoms with E-state index in [-0.39, 0.29) is 27.5 Å². The van der Waals surface area contributed by atoms with Crippen LogP contribution in [0.3, 0.4) is 0 Å². The quantitative estimate of drug-likeness (QED) is 0.294.